The highest BCUT2D eigenvalue weighted by atomic mass is 35.5. The molecule has 0 radical (unpaired) electrons. The molecule has 4 nitrogen and oxygen atoms in total. The van der Waals surface area contributed by atoms with E-state index in [0.29, 0.717) is 13.2 Å². The van der Waals surface area contributed by atoms with Crippen molar-refractivity contribution in [2.75, 3.05) is 13.2 Å². The van der Waals surface area contributed by atoms with E-state index in [2.05, 4.69) is 86.5 Å². The number of benzene rings is 3. The largest absolute Gasteiger partial charge is 1.00 e. The second kappa shape index (κ2) is 10.4. The number of hydrogen-bond donors (Lipinski definition) is 0. The second-order valence-electron chi connectivity index (χ2n) is 9.59. The number of imidazole rings is 1. The van der Waals surface area contributed by atoms with Gasteiger partial charge in [-0.25, -0.2) is 9.13 Å². The summed E-state index contributed by atoms with van der Waals surface area (Å²) in [5.41, 5.74) is 13.3. The molecule has 0 N–H and O–H groups in total. The highest BCUT2D eigenvalue weighted by Crippen LogP contribution is 2.34. The van der Waals surface area contributed by atoms with Crippen LogP contribution in [-0.4, -0.2) is 17.8 Å². The number of para-hydroxylation sites is 2. The van der Waals surface area contributed by atoms with Crippen molar-refractivity contribution in [1.82, 2.24) is 4.57 Å². The van der Waals surface area contributed by atoms with Crippen LogP contribution in [0.1, 0.15) is 45.9 Å². The summed E-state index contributed by atoms with van der Waals surface area (Å²) in [4.78, 5) is 0. The Bertz CT molecular complexity index is 1440. The van der Waals surface area contributed by atoms with Crippen molar-refractivity contribution >= 4 is 16.6 Å². The molecule has 5 rings (SSSR count). The summed E-state index contributed by atoms with van der Waals surface area (Å²) in [6.45, 7) is 16.2. The Balaban J connectivity index is 0.00000304. The Hall–Kier alpha value is -3.24. The lowest BCUT2D eigenvalue weighted by molar-refractivity contribution is -0.659. The van der Waals surface area contributed by atoms with Crippen LogP contribution in [0, 0.1) is 34.6 Å². The lowest BCUT2D eigenvalue weighted by atomic mass is 9.89. The van der Waals surface area contributed by atoms with Gasteiger partial charge in [0.2, 0.25) is 6.33 Å². The third-order valence-electron chi connectivity index (χ3n) is 7.78. The zero-order chi connectivity index (χ0) is 24.7. The Kier molecular flexibility index (Phi) is 7.46. The number of rotatable bonds is 6. The van der Waals surface area contributed by atoms with Crippen molar-refractivity contribution in [2.24, 2.45) is 0 Å². The first-order valence-electron chi connectivity index (χ1n) is 12.5. The van der Waals surface area contributed by atoms with E-state index in [9.17, 15) is 0 Å². The zero-order valence-corrected chi connectivity index (χ0v) is 22.9. The number of aromatic nitrogens is 2. The molecule has 0 unspecified atom stereocenters. The molecule has 0 atom stereocenters. The van der Waals surface area contributed by atoms with Crippen molar-refractivity contribution in [2.45, 2.75) is 54.6 Å². The summed E-state index contributed by atoms with van der Waals surface area (Å²) < 4.78 is 16.4. The quantitative estimate of drug-likeness (QED) is 0.378. The van der Waals surface area contributed by atoms with Crippen LogP contribution in [0.5, 0.6) is 11.5 Å². The second-order valence-corrected chi connectivity index (χ2v) is 9.59. The van der Waals surface area contributed by atoms with Crippen molar-refractivity contribution in [3.05, 3.63) is 93.8 Å². The van der Waals surface area contributed by atoms with Gasteiger partial charge in [-0.3, -0.25) is 0 Å². The minimum Gasteiger partial charge on any atom is -1.00 e. The third-order valence-corrected chi connectivity index (χ3v) is 7.78. The molecule has 0 amide bonds. The van der Waals surface area contributed by atoms with Gasteiger partial charge in [-0.1, -0.05) is 12.1 Å². The number of nitrogens with zero attached hydrogens (tertiary/aromatic N) is 2. The predicted molar refractivity (Wildman–Crippen MR) is 142 cm³/mol. The molecular formula is C31H35ClN2O2. The van der Waals surface area contributed by atoms with Crippen molar-refractivity contribution in [1.29, 1.82) is 0 Å². The first-order chi connectivity index (χ1) is 16.9. The normalized spacial score (nSPS) is 12.6. The fourth-order valence-electron chi connectivity index (χ4n) is 5.30. The SMILES string of the molecule is CCOc1ccc2c(c1)C(C[n+]1cn(Cc3c(C)c(C)c(C)c(C)c3C)c3ccccc31)=CCO2.[Cl-]. The third kappa shape index (κ3) is 4.51. The summed E-state index contributed by atoms with van der Waals surface area (Å²) in [6.07, 6.45) is 4.47. The van der Waals surface area contributed by atoms with Crippen molar-refractivity contribution < 1.29 is 26.4 Å². The molecule has 0 bridgehead atoms. The minimum absolute atomic E-state index is 0. The van der Waals surface area contributed by atoms with Crippen LogP contribution in [0.3, 0.4) is 0 Å². The van der Waals surface area contributed by atoms with E-state index < -0.39 is 0 Å². The molecule has 2 heterocycles. The van der Waals surface area contributed by atoms with Gasteiger partial charge in [0, 0.05) is 11.1 Å². The smallest absolute Gasteiger partial charge is 0.245 e. The molecule has 188 valence electrons. The maximum atomic E-state index is 5.91. The molecule has 5 heteroatoms. The van der Waals surface area contributed by atoms with Crippen LogP contribution in [0.4, 0.5) is 0 Å². The predicted octanol–water partition coefficient (Wildman–Crippen LogP) is 3.40. The molecule has 0 saturated heterocycles. The van der Waals surface area contributed by atoms with Crippen LogP contribution < -0.4 is 26.4 Å². The van der Waals surface area contributed by atoms with Gasteiger partial charge in [0.25, 0.3) is 0 Å². The van der Waals surface area contributed by atoms with Gasteiger partial charge in [-0.2, -0.15) is 0 Å². The highest BCUT2D eigenvalue weighted by molar-refractivity contribution is 5.75. The molecule has 1 aliphatic heterocycles. The van der Waals surface area contributed by atoms with Crippen LogP contribution in [0.15, 0.2) is 54.9 Å². The summed E-state index contributed by atoms with van der Waals surface area (Å²) in [7, 11) is 0. The minimum atomic E-state index is 0. The lowest BCUT2D eigenvalue weighted by Gasteiger charge is -2.19. The molecule has 1 aliphatic rings. The molecule has 0 fully saturated rings. The van der Waals surface area contributed by atoms with Gasteiger partial charge < -0.3 is 21.9 Å². The number of hydrogen-bond acceptors (Lipinski definition) is 2. The molecule has 36 heavy (non-hydrogen) atoms. The van der Waals surface area contributed by atoms with E-state index >= 15 is 0 Å². The Morgan fingerprint density at radius 1 is 0.917 bits per heavy atom. The monoisotopic (exact) mass is 502 g/mol. The molecule has 0 spiro atoms. The topological polar surface area (TPSA) is 27.3 Å². The van der Waals surface area contributed by atoms with Gasteiger partial charge in [0.05, 0.1) is 6.61 Å². The summed E-state index contributed by atoms with van der Waals surface area (Å²) in [5.74, 6) is 1.80. The molecule has 3 aromatic carbocycles. The van der Waals surface area contributed by atoms with Gasteiger partial charge in [0.1, 0.15) is 31.2 Å². The van der Waals surface area contributed by atoms with Gasteiger partial charge >= 0.3 is 0 Å². The van der Waals surface area contributed by atoms with E-state index in [4.69, 9.17) is 9.47 Å². The van der Waals surface area contributed by atoms with Gasteiger partial charge in [0.15, 0.2) is 11.0 Å². The molecule has 4 aromatic rings. The van der Waals surface area contributed by atoms with Crippen molar-refractivity contribution in [3.8, 4) is 11.5 Å². The average Bonchev–Trinajstić information content (AvgIpc) is 3.22. The standard InChI is InChI=1S/C31H35N2O2.ClH/c1-7-34-26-12-13-31-27(16-26)25(14-15-35-31)17-32-19-33(30-11-9-8-10-29(30)32)18-28-23(5)21(3)20(2)22(4)24(28)6;/h8-14,16,19H,7,15,17-18H2,1-6H3;1H/q+1;/p-1. The first-order valence-corrected chi connectivity index (χ1v) is 12.5. The van der Waals surface area contributed by atoms with E-state index in [1.54, 1.807) is 0 Å². The van der Waals surface area contributed by atoms with Gasteiger partial charge in [-0.05, 0) is 111 Å². The summed E-state index contributed by atoms with van der Waals surface area (Å²) in [5, 5.41) is 0. The Labute approximate surface area is 220 Å². The first kappa shape index (κ1) is 25.8. The average molecular weight is 503 g/mol. The molecular weight excluding hydrogens is 468 g/mol. The maximum Gasteiger partial charge on any atom is 0.245 e. The fourth-order valence-corrected chi connectivity index (χ4v) is 5.30. The number of halogens is 1. The van der Waals surface area contributed by atoms with E-state index in [1.807, 2.05) is 19.1 Å². The molecule has 0 saturated carbocycles. The van der Waals surface area contributed by atoms with E-state index in [1.165, 1.54) is 50.0 Å². The van der Waals surface area contributed by atoms with E-state index in [-0.39, 0.29) is 12.4 Å². The Morgan fingerprint density at radius 3 is 2.33 bits per heavy atom. The van der Waals surface area contributed by atoms with Crippen LogP contribution in [0.25, 0.3) is 16.6 Å². The maximum absolute atomic E-state index is 5.91. The zero-order valence-electron chi connectivity index (χ0n) is 22.1. The number of fused-ring (bicyclic) bond motifs is 2. The van der Waals surface area contributed by atoms with Crippen LogP contribution in [0.2, 0.25) is 0 Å². The van der Waals surface area contributed by atoms with Gasteiger partial charge in [-0.15, -0.1) is 0 Å². The molecule has 1 aromatic heterocycles. The van der Waals surface area contributed by atoms with Crippen LogP contribution in [-0.2, 0) is 13.1 Å². The summed E-state index contributed by atoms with van der Waals surface area (Å²) in [6, 6.07) is 14.8. The number of allylic oxidation sites excluding steroid dienone is 1. The highest BCUT2D eigenvalue weighted by Gasteiger charge is 2.22. The summed E-state index contributed by atoms with van der Waals surface area (Å²) >= 11 is 0. The lowest BCUT2D eigenvalue weighted by Crippen LogP contribution is -3.00. The Morgan fingerprint density at radius 2 is 1.61 bits per heavy atom. The number of ether oxygens (including phenoxy) is 2. The molecule has 0 aliphatic carbocycles. The van der Waals surface area contributed by atoms with E-state index in [0.717, 1.165) is 30.2 Å². The van der Waals surface area contributed by atoms with Crippen LogP contribution >= 0.6 is 0 Å². The fraction of sp³-hybridized carbons (Fsp3) is 0.323. The van der Waals surface area contributed by atoms with Crippen molar-refractivity contribution in [3.63, 3.8) is 0 Å².